The summed E-state index contributed by atoms with van der Waals surface area (Å²) in [6.07, 6.45) is 0. The van der Waals surface area contributed by atoms with Crippen LogP contribution in [0.25, 0.3) is 10.4 Å². The fraction of sp³-hybridized carbons (Fsp3) is 0.455. The van der Waals surface area contributed by atoms with Crippen molar-refractivity contribution in [2.45, 2.75) is 6.54 Å². The van der Waals surface area contributed by atoms with Crippen molar-refractivity contribution in [2.24, 2.45) is 5.11 Å². The highest BCUT2D eigenvalue weighted by atomic mass is 35.5. The summed E-state index contributed by atoms with van der Waals surface area (Å²) in [6.45, 7) is 3.48. The number of nitrogens with zero attached hydrogens (tertiary/aromatic N) is 4. The summed E-state index contributed by atoms with van der Waals surface area (Å²) in [7, 11) is 0. The van der Waals surface area contributed by atoms with Gasteiger partial charge in [-0.2, -0.15) is 0 Å². The van der Waals surface area contributed by atoms with Crippen LogP contribution in [-0.4, -0.2) is 26.3 Å². The molecule has 2 rings (SSSR count). The summed E-state index contributed by atoms with van der Waals surface area (Å²) in [6, 6.07) is 5.67. The molecule has 6 heteroatoms. The molecular weight excluding hydrogens is 240 g/mol. The second kappa shape index (κ2) is 5.77. The Morgan fingerprint density at radius 3 is 2.88 bits per heavy atom. The molecular formula is C11H13ClN4O. The van der Waals surface area contributed by atoms with Crippen molar-refractivity contribution in [3.8, 4) is 0 Å². The smallest absolute Gasteiger partial charge is 0.0642 e. The first kappa shape index (κ1) is 12.0. The molecule has 5 nitrogen and oxygen atoms in total. The van der Waals surface area contributed by atoms with Crippen LogP contribution in [0.4, 0.5) is 5.69 Å². The monoisotopic (exact) mass is 252 g/mol. The minimum atomic E-state index is 0.323. The van der Waals surface area contributed by atoms with E-state index in [9.17, 15) is 0 Å². The van der Waals surface area contributed by atoms with Gasteiger partial charge in [0, 0.05) is 28.7 Å². The van der Waals surface area contributed by atoms with Gasteiger partial charge in [0.15, 0.2) is 0 Å². The third-order valence-electron chi connectivity index (χ3n) is 2.70. The van der Waals surface area contributed by atoms with E-state index < -0.39 is 0 Å². The molecule has 0 radical (unpaired) electrons. The van der Waals surface area contributed by atoms with E-state index in [4.69, 9.17) is 21.9 Å². The number of rotatable bonds is 3. The molecule has 0 atom stereocenters. The minimum Gasteiger partial charge on any atom is -0.378 e. The van der Waals surface area contributed by atoms with Gasteiger partial charge in [-0.15, -0.1) is 0 Å². The molecule has 1 aliphatic heterocycles. The van der Waals surface area contributed by atoms with Crippen LogP contribution >= 0.6 is 11.6 Å². The summed E-state index contributed by atoms with van der Waals surface area (Å²) in [5.74, 6) is 0. The Kier molecular flexibility index (Phi) is 4.09. The minimum absolute atomic E-state index is 0.323. The van der Waals surface area contributed by atoms with Gasteiger partial charge in [0.1, 0.15) is 0 Å². The van der Waals surface area contributed by atoms with Crippen LogP contribution in [0.3, 0.4) is 0 Å². The van der Waals surface area contributed by atoms with Gasteiger partial charge >= 0.3 is 0 Å². The van der Waals surface area contributed by atoms with Crippen molar-refractivity contribution in [3.05, 3.63) is 39.2 Å². The Bertz CT molecular complexity index is 439. The largest absolute Gasteiger partial charge is 0.378 e. The van der Waals surface area contributed by atoms with Crippen LogP contribution in [0.2, 0.25) is 5.02 Å². The quantitative estimate of drug-likeness (QED) is 0.472. The van der Waals surface area contributed by atoms with Gasteiger partial charge < -0.3 is 9.64 Å². The fourth-order valence-electron chi connectivity index (χ4n) is 1.90. The predicted octanol–water partition coefficient (Wildman–Crippen LogP) is 2.99. The van der Waals surface area contributed by atoms with Gasteiger partial charge in [-0.05, 0) is 29.3 Å². The molecule has 1 saturated heterocycles. The highest BCUT2D eigenvalue weighted by molar-refractivity contribution is 6.30. The first-order valence-corrected chi connectivity index (χ1v) is 5.81. The molecule has 0 N–H and O–H groups in total. The number of azide groups is 1. The number of hydrogen-bond acceptors (Lipinski definition) is 3. The highest BCUT2D eigenvalue weighted by Crippen LogP contribution is 2.25. The Balaban J connectivity index is 2.27. The maximum Gasteiger partial charge on any atom is 0.0642 e. The summed E-state index contributed by atoms with van der Waals surface area (Å²) in [5.41, 5.74) is 10.4. The summed E-state index contributed by atoms with van der Waals surface area (Å²) < 4.78 is 5.32. The normalized spacial score (nSPS) is 15.5. The summed E-state index contributed by atoms with van der Waals surface area (Å²) in [5, 5.41) is 4.26. The molecule has 0 unspecified atom stereocenters. The lowest BCUT2D eigenvalue weighted by molar-refractivity contribution is 0.122. The number of anilines is 1. The van der Waals surface area contributed by atoms with Crippen LogP contribution in [-0.2, 0) is 11.3 Å². The summed E-state index contributed by atoms with van der Waals surface area (Å²) in [4.78, 5) is 5.01. The molecule has 0 aliphatic carbocycles. The van der Waals surface area contributed by atoms with Gasteiger partial charge in [-0.1, -0.05) is 16.7 Å². The zero-order valence-corrected chi connectivity index (χ0v) is 10.1. The van der Waals surface area contributed by atoms with Crippen molar-refractivity contribution < 1.29 is 4.74 Å². The average molecular weight is 253 g/mol. The van der Waals surface area contributed by atoms with E-state index in [1.54, 1.807) is 0 Å². The van der Waals surface area contributed by atoms with E-state index in [2.05, 4.69) is 14.9 Å². The molecule has 1 aliphatic rings. The van der Waals surface area contributed by atoms with Gasteiger partial charge in [0.2, 0.25) is 0 Å². The van der Waals surface area contributed by atoms with E-state index >= 15 is 0 Å². The lowest BCUT2D eigenvalue weighted by Gasteiger charge is -2.30. The Hall–Kier alpha value is -1.42. The SMILES string of the molecule is [N-]=[N+]=NCc1cc(Cl)ccc1N1CCOCC1. The maximum atomic E-state index is 8.39. The Morgan fingerprint density at radius 1 is 1.41 bits per heavy atom. The molecule has 0 saturated carbocycles. The third-order valence-corrected chi connectivity index (χ3v) is 2.93. The summed E-state index contributed by atoms with van der Waals surface area (Å²) >= 11 is 5.96. The van der Waals surface area contributed by atoms with E-state index in [0.29, 0.717) is 11.6 Å². The number of hydrogen-bond donors (Lipinski definition) is 0. The second-order valence-corrected chi connectivity index (χ2v) is 4.20. The van der Waals surface area contributed by atoms with Crippen LogP contribution in [0, 0.1) is 0 Å². The van der Waals surface area contributed by atoms with Crippen molar-refractivity contribution >= 4 is 17.3 Å². The number of morpholine rings is 1. The molecule has 0 amide bonds. The molecule has 17 heavy (non-hydrogen) atoms. The predicted molar refractivity (Wildman–Crippen MR) is 67.3 cm³/mol. The molecule has 1 aromatic rings. The molecule has 0 aromatic heterocycles. The van der Waals surface area contributed by atoms with Gasteiger partial charge in [-0.3, -0.25) is 0 Å². The van der Waals surface area contributed by atoms with E-state index in [1.165, 1.54) is 0 Å². The van der Waals surface area contributed by atoms with Crippen molar-refractivity contribution in [1.29, 1.82) is 0 Å². The average Bonchev–Trinajstić information content (AvgIpc) is 2.37. The standard InChI is InChI=1S/C11H13ClN4O/c12-10-1-2-11(9(7-10)8-14-15-13)16-3-5-17-6-4-16/h1-2,7H,3-6,8H2. The first-order valence-electron chi connectivity index (χ1n) is 5.43. The molecule has 1 heterocycles. The molecule has 1 fully saturated rings. The Morgan fingerprint density at radius 2 is 2.18 bits per heavy atom. The zero-order valence-electron chi connectivity index (χ0n) is 9.34. The number of halogens is 1. The Labute approximate surface area is 105 Å². The van der Waals surface area contributed by atoms with E-state index in [1.807, 2.05) is 18.2 Å². The third kappa shape index (κ3) is 3.03. The van der Waals surface area contributed by atoms with Crippen LogP contribution < -0.4 is 4.90 Å². The molecule has 0 spiro atoms. The lowest BCUT2D eigenvalue weighted by Crippen LogP contribution is -2.36. The maximum absolute atomic E-state index is 8.39. The van der Waals surface area contributed by atoms with Crippen LogP contribution in [0.5, 0.6) is 0 Å². The molecule has 90 valence electrons. The zero-order chi connectivity index (χ0) is 12.1. The van der Waals surface area contributed by atoms with E-state index in [-0.39, 0.29) is 0 Å². The topological polar surface area (TPSA) is 61.2 Å². The van der Waals surface area contributed by atoms with Gasteiger partial charge in [0.25, 0.3) is 0 Å². The number of benzene rings is 1. The second-order valence-electron chi connectivity index (χ2n) is 3.76. The van der Waals surface area contributed by atoms with Crippen molar-refractivity contribution in [3.63, 3.8) is 0 Å². The fourth-order valence-corrected chi connectivity index (χ4v) is 2.10. The van der Waals surface area contributed by atoms with Crippen LogP contribution in [0.1, 0.15) is 5.56 Å². The van der Waals surface area contributed by atoms with Crippen molar-refractivity contribution in [1.82, 2.24) is 0 Å². The van der Waals surface area contributed by atoms with Crippen LogP contribution in [0.15, 0.2) is 23.3 Å². The first-order chi connectivity index (χ1) is 8.31. The number of ether oxygens (including phenoxy) is 1. The molecule has 0 bridgehead atoms. The highest BCUT2D eigenvalue weighted by Gasteiger charge is 2.14. The van der Waals surface area contributed by atoms with Crippen molar-refractivity contribution in [2.75, 3.05) is 31.2 Å². The van der Waals surface area contributed by atoms with E-state index in [0.717, 1.165) is 37.6 Å². The van der Waals surface area contributed by atoms with Gasteiger partial charge in [0.05, 0.1) is 19.8 Å². The lowest BCUT2D eigenvalue weighted by atomic mass is 10.1. The van der Waals surface area contributed by atoms with Gasteiger partial charge in [-0.25, -0.2) is 0 Å². The molecule has 1 aromatic carbocycles.